The smallest absolute Gasteiger partial charge is 0.326 e. The molecule has 0 saturated carbocycles. The molecule has 2 rings (SSSR count). The summed E-state index contributed by atoms with van der Waals surface area (Å²) in [7, 11) is 0. The molecule has 0 aliphatic carbocycles. The van der Waals surface area contributed by atoms with Gasteiger partial charge in [0.25, 0.3) is 0 Å². The number of rotatable bonds is 32. The number of aliphatic hydroxyl groups is 1. The molecule has 26 heteroatoms. The highest BCUT2D eigenvalue weighted by molar-refractivity contribution is 7.98. The number of aliphatic imine (C=N–C) groups is 1. The van der Waals surface area contributed by atoms with E-state index in [9.17, 15) is 58.5 Å². The summed E-state index contributed by atoms with van der Waals surface area (Å²) in [5.74, 6) is -7.21. The number of benzene rings is 1. The number of aliphatic hydroxyl groups excluding tert-OH is 1. The summed E-state index contributed by atoms with van der Waals surface area (Å²) >= 11 is 1.38. The average Bonchev–Trinajstić information content (AvgIpc) is 3.82. The summed E-state index contributed by atoms with van der Waals surface area (Å²) in [6, 6.07) is -4.18. The van der Waals surface area contributed by atoms with Gasteiger partial charge >= 0.3 is 5.97 Å². The third kappa shape index (κ3) is 22.0. The van der Waals surface area contributed by atoms with Crippen LogP contribution in [0.3, 0.4) is 0 Å². The van der Waals surface area contributed by atoms with Gasteiger partial charge in [0, 0.05) is 19.5 Å². The number of nitrogens with two attached hydrogens (primary N) is 4. The fourth-order valence-corrected chi connectivity index (χ4v) is 8.07. The summed E-state index contributed by atoms with van der Waals surface area (Å²) in [5.41, 5.74) is 23.1. The Morgan fingerprint density at radius 1 is 0.778 bits per heavy atom. The van der Waals surface area contributed by atoms with E-state index in [2.05, 4.69) is 42.2 Å². The van der Waals surface area contributed by atoms with Crippen LogP contribution in [0.25, 0.3) is 0 Å². The number of hydrogen-bond acceptors (Lipinski definition) is 15. The topological polar surface area (TPSA) is 418 Å². The Bertz CT molecular complexity index is 2010. The lowest BCUT2D eigenvalue weighted by Crippen LogP contribution is -2.61. The zero-order chi connectivity index (χ0) is 54.1. The number of carbonyl (C=O) groups excluding carboxylic acids is 8. The van der Waals surface area contributed by atoms with Crippen molar-refractivity contribution in [2.24, 2.45) is 33.8 Å². The number of amides is 8. The van der Waals surface area contributed by atoms with Crippen LogP contribution in [0.2, 0.25) is 0 Å². The molecule has 1 heterocycles. The lowest BCUT2D eigenvalue weighted by Gasteiger charge is -2.30. The molecule has 25 nitrogen and oxygen atoms in total. The second-order valence-corrected chi connectivity index (χ2v) is 19.1. The summed E-state index contributed by atoms with van der Waals surface area (Å²) in [4.78, 5) is 125. The van der Waals surface area contributed by atoms with Crippen LogP contribution in [0.5, 0.6) is 5.75 Å². The van der Waals surface area contributed by atoms with Crippen LogP contribution in [-0.2, 0) is 49.6 Å². The number of thioether (sulfide) groups is 1. The molecule has 1 aromatic carbocycles. The summed E-state index contributed by atoms with van der Waals surface area (Å²) in [6.45, 7) is 6.30. The number of carboxylic acids is 1. The number of phenolic OH excluding ortho intramolecular Hbond substituents is 1. The number of carbonyl (C=O) groups is 9. The Balaban J connectivity index is 2.28. The Morgan fingerprint density at radius 2 is 1.40 bits per heavy atom. The molecule has 8 amide bonds. The Kier molecular flexibility index (Phi) is 27.5. The zero-order valence-corrected chi connectivity index (χ0v) is 42.6. The number of aromatic hydroxyl groups is 1. The lowest BCUT2D eigenvalue weighted by atomic mass is 10.0. The number of guanidine groups is 1. The number of likely N-dealkylation sites (tertiary alicyclic amines) is 1. The standard InChI is InChI=1S/C46H77N13O12S/c1-25(2)22-34(45(70)71)57-38(63)26(3)53-36(62)24-52-39(64)31(11-6-7-18-47)54-41(66)33(23-28-13-15-29(61)16-14-28)56-43(68)37(27(4)60)58-40(65)32(17-21-72-5)55-42(67)35-12-9-20-59(35)44(69)30(48)10-8-19-51-46(49)50/h13-16,25-27,30-35,37,60-61H,6-12,17-24,47-48H2,1-5H3,(H,52,64)(H,53,62)(H,54,66)(H,55,67)(H,56,68)(H,57,63)(H,58,65)(H,70,71)(H4,49,50,51)/t26-,27+,30-,31-,32-,33-,34-,35-,37-/m0/s1. The minimum atomic E-state index is -1.68. The number of aliphatic carboxylic acids is 1. The van der Waals surface area contributed by atoms with Crippen LogP contribution in [0, 0.1) is 5.92 Å². The van der Waals surface area contributed by atoms with Gasteiger partial charge in [-0.1, -0.05) is 26.0 Å². The minimum Gasteiger partial charge on any atom is -0.508 e. The zero-order valence-electron chi connectivity index (χ0n) is 41.8. The Hall–Kier alpha value is -6.25. The fraction of sp³-hybridized carbons (Fsp3) is 0.652. The van der Waals surface area contributed by atoms with Gasteiger partial charge in [0.05, 0.1) is 18.7 Å². The number of nitrogens with one attached hydrogen (secondary N) is 7. The van der Waals surface area contributed by atoms with Gasteiger partial charge in [0.2, 0.25) is 47.3 Å². The lowest BCUT2D eigenvalue weighted by molar-refractivity contribution is -0.142. The van der Waals surface area contributed by atoms with E-state index in [1.54, 1.807) is 20.1 Å². The molecule has 0 spiro atoms. The van der Waals surface area contributed by atoms with Gasteiger partial charge < -0.3 is 80.4 Å². The third-order valence-electron chi connectivity index (χ3n) is 11.5. The van der Waals surface area contributed by atoms with Crippen LogP contribution < -0.4 is 60.2 Å². The molecule has 1 saturated heterocycles. The van der Waals surface area contributed by atoms with Gasteiger partial charge in [-0.15, -0.1) is 0 Å². The van der Waals surface area contributed by atoms with E-state index in [0.717, 1.165) is 0 Å². The minimum absolute atomic E-state index is 0.0390. The molecular weight excluding hydrogens is 959 g/mol. The molecular formula is C46H77N13O12S. The van der Waals surface area contributed by atoms with E-state index in [0.29, 0.717) is 43.4 Å². The maximum atomic E-state index is 14.2. The van der Waals surface area contributed by atoms with Crippen LogP contribution in [-0.4, -0.2) is 172 Å². The predicted molar refractivity (Wildman–Crippen MR) is 269 cm³/mol. The van der Waals surface area contributed by atoms with Crippen molar-refractivity contribution in [2.45, 2.75) is 146 Å². The van der Waals surface area contributed by atoms with E-state index in [4.69, 9.17) is 22.9 Å². The first-order valence-electron chi connectivity index (χ1n) is 24.1. The average molecular weight is 1040 g/mol. The van der Waals surface area contributed by atoms with Crippen molar-refractivity contribution in [3.8, 4) is 5.75 Å². The highest BCUT2D eigenvalue weighted by Crippen LogP contribution is 2.20. The quantitative estimate of drug-likeness (QED) is 0.0191. The van der Waals surface area contributed by atoms with Gasteiger partial charge in [-0.3, -0.25) is 43.3 Å². The monoisotopic (exact) mass is 1040 g/mol. The summed E-state index contributed by atoms with van der Waals surface area (Å²) < 4.78 is 0. The van der Waals surface area contributed by atoms with Crippen molar-refractivity contribution in [2.75, 3.05) is 38.2 Å². The van der Waals surface area contributed by atoms with Crippen molar-refractivity contribution >= 4 is 70.9 Å². The Morgan fingerprint density at radius 3 is 2.00 bits per heavy atom. The molecule has 72 heavy (non-hydrogen) atoms. The van der Waals surface area contributed by atoms with Crippen LogP contribution in [0.4, 0.5) is 0 Å². The van der Waals surface area contributed by atoms with Crippen LogP contribution in [0.1, 0.15) is 91.0 Å². The molecule has 1 fully saturated rings. The van der Waals surface area contributed by atoms with Gasteiger partial charge in [0.1, 0.15) is 48.0 Å². The van der Waals surface area contributed by atoms with Gasteiger partial charge in [-0.05, 0) is 114 Å². The van der Waals surface area contributed by atoms with Gasteiger partial charge in [-0.25, -0.2) is 4.79 Å². The molecule has 18 N–H and O–H groups in total. The number of carboxylic acid groups (broad SMARTS) is 1. The first kappa shape index (κ1) is 61.9. The molecule has 1 aromatic rings. The highest BCUT2D eigenvalue weighted by atomic mass is 32.2. The van der Waals surface area contributed by atoms with Gasteiger partial charge in [0.15, 0.2) is 5.96 Å². The van der Waals surface area contributed by atoms with Crippen molar-refractivity contribution in [1.82, 2.24) is 42.1 Å². The number of phenols is 1. The summed E-state index contributed by atoms with van der Waals surface area (Å²) in [6.07, 6.45) is 2.62. The molecule has 0 radical (unpaired) electrons. The van der Waals surface area contributed by atoms with E-state index >= 15 is 0 Å². The molecule has 0 unspecified atom stereocenters. The van der Waals surface area contributed by atoms with E-state index in [1.165, 1.54) is 54.8 Å². The van der Waals surface area contributed by atoms with Crippen molar-refractivity contribution in [3.05, 3.63) is 29.8 Å². The van der Waals surface area contributed by atoms with Crippen molar-refractivity contribution in [3.63, 3.8) is 0 Å². The Labute approximate surface area is 424 Å². The first-order valence-corrected chi connectivity index (χ1v) is 25.5. The molecule has 9 atom stereocenters. The largest absolute Gasteiger partial charge is 0.508 e. The van der Waals surface area contributed by atoms with Crippen molar-refractivity contribution < 1.29 is 58.5 Å². The third-order valence-corrected chi connectivity index (χ3v) is 12.2. The molecule has 0 aromatic heterocycles. The predicted octanol–water partition coefficient (Wildman–Crippen LogP) is -3.25. The van der Waals surface area contributed by atoms with Crippen molar-refractivity contribution in [1.29, 1.82) is 0 Å². The van der Waals surface area contributed by atoms with E-state index in [1.807, 2.05) is 0 Å². The molecule has 0 bridgehead atoms. The van der Waals surface area contributed by atoms with Crippen LogP contribution in [0.15, 0.2) is 29.3 Å². The number of nitrogens with zero attached hydrogens (tertiary/aromatic N) is 2. The molecule has 404 valence electrons. The first-order chi connectivity index (χ1) is 34.0. The van der Waals surface area contributed by atoms with Crippen LogP contribution >= 0.6 is 11.8 Å². The normalized spacial score (nSPS) is 16.6. The number of unbranched alkanes of at least 4 members (excludes halogenated alkanes) is 1. The second kappa shape index (κ2) is 32.0. The maximum absolute atomic E-state index is 14.2. The fourth-order valence-electron chi connectivity index (χ4n) is 7.60. The van der Waals surface area contributed by atoms with E-state index < -0.39 is 114 Å². The SMILES string of the molecule is CSCC[C@H](NC(=O)[C@@H]1CCCN1C(=O)[C@@H](N)CCCN=C(N)N)C(=O)N[C@H](C(=O)N[C@@H](Cc1ccc(O)cc1)C(=O)N[C@@H](CCCCN)C(=O)NCC(=O)N[C@@H](C)C(=O)N[C@@H](CC(C)C)C(=O)O)[C@@H](C)O. The highest BCUT2D eigenvalue weighted by Gasteiger charge is 2.39. The van der Waals surface area contributed by atoms with Gasteiger partial charge in [-0.2, -0.15) is 11.8 Å². The molecule has 1 aliphatic rings. The van der Waals surface area contributed by atoms with E-state index in [-0.39, 0.29) is 69.4 Å². The second-order valence-electron chi connectivity index (χ2n) is 18.1. The summed E-state index contributed by atoms with van der Waals surface area (Å²) in [5, 5.41) is 47.9. The molecule has 1 aliphatic heterocycles. The maximum Gasteiger partial charge on any atom is 0.326 e. The number of hydrogen-bond donors (Lipinski definition) is 14.